The zero-order valence-corrected chi connectivity index (χ0v) is 19.1. The molecule has 0 aliphatic rings. The maximum absolute atomic E-state index is 12.8. The number of anilines is 1. The van der Waals surface area contributed by atoms with Gasteiger partial charge in [-0.3, -0.25) is 4.79 Å². The lowest BCUT2D eigenvalue weighted by Crippen LogP contribution is -2.21. The van der Waals surface area contributed by atoms with Gasteiger partial charge in [0.25, 0.3) is 5.91 Å². The number of hydrogen-bond donors (Lipinski definition) is 2. The number of carbonyl (C=O) groups excluding carboxylic acids is 1. The zero-order chi connectivity index (χ0) is 22.1. The number of nitrogens with one attached hydrogen (secondary N) is 1. The van der Waals surface area contributed by atoms with Crippen molar-refractivity contribution in [2.45, 2.75) is 19.6 Å². The number of carbonyl (C=O) groups is 1. The monoisotopic (exact) mass is 475 g/mol. The van der Waals surface area contributed by atoms with E-state index in [2.05, 4.69) is 14.9 Å². The number of benzene rings is 1. The molecule has 3 heterocycles. The van der Waals surface area contributed by atoms with Crippen LogP contribution in [-0.4, -0.2) is 27.7 Å². The molecule has 0 aliphatic heterocycles. The number of amides is 1. The van der Waals surface area contributed by atoms with Crippen LogP contribution in [0.25, 0.3) is 10.2 Å². The van der Waals surface area contributed by atoms with Crippen molar-refractivity contribution in [3.8, 4) is 5.88 Å². The Labute approximate surface area is 193 Å². The molecule has 160 valence electrons. The maximum Gasteiger partial charge on any atom is 0.257 e. The van der Waals surface area contributed by atoms with Crippen molar-refractivity contribution in [3.63, 3.8) is 0 Å². The molecule has 6 nitrogen and oxygen atoms in total. The number of aromatic nitrogens is 2. The highest BCUT2D eigenvalue weighted by Crippen LogP contribution is 2.39. The molecule has 31 heavy (non-hydrogen) atoms. The second-order valence-electron chi connectivity index (χ2n) is 6.96. The number of pyridine rings is 1. The lowest BCUT2D eigenvalue weighted by molar-refractivity contribution is -0.124. The fourth-order valence-corrected chi connectivity index (χ4v) is 4.89. The average Bonchev–Trinajstić information content (AvgIpc) is 3.24. The van der Waals surface area contributed by atoms with Crippen molar-refractivity contribution >= 4 is 56.3 Å². The largest absolute Gasteiger partial charge is 0.481 e. The normalized spacial score (nSPS) is 12.2. The number of aliphatic hydroxyl groups is 1. The molecular formula is C22H19Cl2N3O3S. The number of aliphatic hydroxyl groups excluding tert-OH is 1. The van der Waals surface area contributed by atoms with Crippen LogP contribution in [0.5, 0.6) is 5.88 Å². The van der Waals surface area contributed by atoms with Crippen LogP contribution in [0.3, 0.4) is 0 Å². The molecule has 1 amide bonds. The highest BCUT2D eigenvalue weighted by Gasteiger charge is 2.27. The predicted molar refractivity (Wildman–Crippen MR) is 124 cm³/mol. The highest BCUT2D eigenvalue weighted by atomic mass is 35.5. The molecule has 0 radical (unpaired) electrons. The molecule has 0 saturated carbocycles. The van der Waals surface area contributed by atoms with Gasteiger partial charge in [-0.25, -0.2) is 4.98 Å². The molecule has 4 aromatic rings. The third-order valence-electron chi connectivity index (χ3n) is 5.00. The van der Waals surface area contributed by atoms with Gasteiger partial charge in [0, 0.05) is 46.2 Å². The minimum Gasteiger partial charge on any atom is -0.481 e. The van der Waals surface area contributed by atoms with Crippen molar-refractivity contribution in [1.29, 1.82) is 0 Å². The van der Waals surface area contributed by atoms with Gasteiger partial charge >= 0.3 is 0 Å². The molecule has 3 aromatic heterocycles. The summed E-state index contributed by atoms with van der Waals surface area (Å²) in [5.74, 6) is -0.186. The third-order valence-corrected chi connectivity index (χ3v) is 6.54. The zero-order valence-electron chi connectivity index (χ0n) is 16.7. The second-order valence-corrected chi connectivity index (χ2v) is 9.06. The summed E-state index contributed by atoms with van der Waals surface area (Å²) in [7, 11) is 1.49. The number of hydrogen-bond acceptors (Lipinski definition) is 5. The summed E-state index contributed by atoms with van der Waals surface area (Å²) in [5, 5.41) is 15.1. The van der Waals surface area contributed by atoms with Crippen LogP contribution in [0.15, 0.2) is 48.7 Å². The SMILES string of the molecule is COc1cc(NC(=O)C(O)c2c(C)n(Cc3ccc(Cl)cc3)c3sc(Cl)cc23)ccn1. The van der Waals surface area contributed by atoms with Crippen molar-refractivity contribution < 1.29 is 14.6 Å². The number of fused-ring (bicyclic) bond motifs is 1. The Morgan fingerprint density at radius 2 is 2.00 bits per heavy atom. The number of rotatable bonds is 6. The molecule has 0 fully saturated rings. The molecule has 1 atom stereocenters. The summed E-state index contributed by atoms with van der Waals surface area (Å²) < 4.78 is 7.72. The Hall–Kier alpha value is -2.58. The minimum absolute atomic E-state index is 0.365. The van der Waals surface area contributed by atoms with E-state index in [-0.39, 0.29) is 0 Å². The molecule has 1 unspecified atom stereocenters. The van der Waals surface area contributed by atoms with Gasteiger partial charge in [-0.15, -0.1) is 11.3 Å². The minimum atomic E-state index is -1.38. The maximum atomic E-state index is 12.8. The number of thiophene rings is 1. The molecule has 0 spiro atoms. The van der Waals surface area contributed by atoms with Crippen molar-refractivity contribution in [1.82, 2.24) is 9.55 Å². The first-order chi connectivity index (χ1) is 14.9. The van der Waals surface area contributed by atoms with E-state index in [1.165, 1.54) is 24.6 Å². The first kappa shape index (κ1) is 21.6. The Bertz CT molecular complexity index is 1250. The van der Waals surface area contributed by atoms with Gasteiger partial charge in [-0.2, -0.15) is 0 Å². The standard InChI is InChI=1S/C22H19Cl2N3O3S/c1-12-19(20(28)21(29)26-15-7-8-25-18(9-15)30-2)16-10-17(24)31-22(16)27(12)11-13-3-5-14(23)6-4-13/h3-10,20,28H,11H2,1-2H3,(H,25,26,29). The van der Waals surface area contributed by atoms with Crippen LogP contribution in [0.4, 0.5) is 5.69 Å². The van der Waals surface area contributed by atoms with Crippen molar-refractivity contribution in [2.24, 2.45) is 0 Å². The van der Waals surface area contributed by atoms with E-state index in [1.807, 2.05) is 31.2 Å². The first-order valence-electron chi connectivity index (χ1n) is 9.39. The quantitative estimate of drug-likeness (QED) is 0.389. The van der Waals surface area contributed by atoms with E-state index in [0.29, 0.717) is 33.0 Å². The van der Waals surface area contributed by atoms with Crippen LogP contribution in [0.2, 0.25) is 9.36 Å². The van der Waals surface area contributed by atoms with E-state index in [0.717, 1.165) is 21.5 Å². The van der Waals surface area contributed by atoms with Crippen LogP contribution >= 0.6 is 34.5 Å². The lowest BCUT2D eigenvalue weighted by atomic mass is 10.1. The van der Waals surface area contributed by atoms with E-state index in [1.54, 1.807) is 18.2 Å². The van der Waals surface area contributed by atoms with Gasteiger partial charge < -0.3 is 19.7 Å². The fraction of sp³-hybridized carbons (Fsp3) is 0.182. The van der Waals surface area contributed by atoms with Gasteiger partial charge in [0.05, 0.1) is 11.4 Å². The first-order valence-corrected chi connectivity index (χ1v) is 11.0. The fourth-order valence-electron chi connectivity index (χ4n) is 3.49. The third kappa shape index (κ3) is 4.41. The Balaban J connectivity index is 1.68. The van der Waals surface area contributed by atoms with Gasteiger partial charge in [-0.1, -0.05) is 35.3 Å². The number of ether oxygens (including phenoxy) is 1. The Morgan fingerprint density at radius 3 is 2.71 bits per heavy atom. The summed E-state index contributed by atoms with van der Waals surface area (Å²) >= 11 is 13.7. The van der Waals surface area contributed by atoms with Gasteiger partial charge in [0.2, 0.25) is 5.88 Å². The van der Waals surface area contributed by atoms with Gasteiger partial charge in [-0.05, 0) is 36.8 Å². The molecule has 0 aliphatic carbocycles. The van der Waals surface area contributed by atoms with E-state index >= 15 is 0 Å². The molecule has 2 N–H and O–H groups in total. The van der Waals surface area contributed by atoms with E-state index < -0.39 is 12.0 Å². The van der Waals surface area contributed by atoms with Gasteiger partial charge in [0.1, 0.15) is 4.83 Å². The summed E-state index contributed by atoms with van der Waals surface area (Å²) in [6, 6.07) is 12.6. The molecule has 4 rings (SSSR count). The Kier molecular flexibility index (Phi) is 6.20. The van der Waals surface area contributed by atoms with Crippen LogP contribution in [0.1, 0.15) is 22.9 Å². The molecule has 9 heteroatoms. The second kappa shape index (κ2) is 8.88. The van der Waals surface area contributed by atoms with Crippen LogP contribution in [-0.2, 0) is 11.3 Å². The molecular weight excluding hydrogens is 457 g/mol. The van der Waals surface area contributed by atoms with Crippen molar-refractivity contribution in [2.75, 3.05) is 12.4 Å². The topological polar surface area (TPSA) is 76.4 Å². The Morgan fingerprint density at radius 1 is 1.26 bits per heavy atom. The summed E-state index contributed by atoms with van der Waals surface area (Å²) in [5.41, 5.74) is 2.85. The summed E-state index contributed by atoms with van der Waals surface area (Å²) in [4.78, 5) is 17.8. The molecule has 1 aromatic carbocycles. The lowest BCUT2D eigenvalue weighted by Gasteiger charge is -2.14. The summed E-state index contributed by atoms with van der Waals surface area (Å²) in [6.07, 6.45) is 0.143. The average molecular weight is 476 g/mol. The van der Waals surface area contributed by atoms with Crippen LogP contribution in [0, 0.1) is 6.92 Å². The van der Waals surface area contributed by atoms with Crippen molar-refractivity contribution in [3.05, 3.63) is 74.8 Å². The van der Waals surface area contributed by atoms with E-state index in [9.17, 15) is 9.90 Å². The smallest absolute Gasteiger partial charge is 0.257 e. The number of halogens is 2. The molecule has 0 bridgehead atoms. The predicted octanol–water partition coefficient (Wildman–Crippen LogP) is 5.44. The number of nitrogens with zero attached hydrogens (tertiary/aromatic N) is 2. The highest BCUT2D eigenvalue weighted by molar-refractivity contribution is 7.22. The van der Waals surface area contributed by atoms with Gasteiger partial charge in [0.15, 0.2) is 6.10 Å². The molecule has 0 saturated heterocycles. The van der Waals surface area contributed by atoms with E-state index in [4.69, 9.17) is 27.9 Å². The summed E-state index contributed by atoms with van der Waals surface area (Å²) in [6.45, 7) is 2.45. The number of methoxy groups -OCH3 is 1. The van der Waals surface area contributed by atoms with Crippen LogP contribution < -0.4 is 10.1 Å².